The van der Waals surface area contributed by atoms with Gasteiger partial charge in [0.1, 0.15) is 0 Å². The summed E-state index contributed by atoms with van der Waals surface area (Å²) in [6.07, 6.45) is 0. The van der Waals surface area contributed by atoms with E-state index in [1.165, 1.54) is 18.2 Å². The van der Waals surface area contributed by atoms with Gasteiger partial charge in [0.25, 0.3) is 5.69 Å². The van der Waals surface area contributed by atoms with E-state index in [2.05, 4.69) is 26.0 Å². The Kier molecular flexibility index (Phi) is 2.84. The zero-order valence-electron chi connectivity index (χ0n) is 6.22. The summed E-state index contributed by atoms with van der Waals surface area (Å²) in [4.78, 5) is 12.3. The fraction of sp³-hybridized carbons (Fsp3) is 0. The molecule has 66 valence electrons. The van der Waals surface area contributed by atoms with Crippen LogP contribution < -0.4 is 0 Å². The summed E-state index contributed by atoms with van der Waals surface area (Å²) >= 11 is 3.05. The maximum Gasteiger partial charge on any atom is 0.270 e. The lowest BCUT2D eigenvalue weighted by molar-refractivity contribution is -0.384. The molecule has 7 heteroatoms. The number of benzene rings is 1. The highest BCUT2D eigenvalue weighted by Gasteiger charge is 2.07. The summed E-state index contributed by atoms with van der Waals surface area (Å²) < 4.78 is 0.402. The molecule has 0 aliphatic heterocycles. The molecule has 0 unspecified atom stereocenters. The minimum Gasteiger partial charge on any atom is -0.258 e. The van der Waals surface area contributed by atoms with Gasteiger partial charge >= 0.3 is 0 Å². The molecule has 0 aromatic heterocycles. The molecule has 0 spiro atoms. The molecule has 1 aromatic rings. The Bertz CT molecular complexity index is 400. The van der Waals surface area contributed by atoms with Crippen molar-refractivity contribution in [2.75, 3.05) is 0 Å². The van der Waals surface area contributed by atoms with E-state index in [4.69, 9.17) is 5.53 Å². The summed E-state index contributed by atoms with van der Waals surface area (Å²) in [6, 6.07) is 3.93. The Balaban J connectivity index is 3.19. The Morgan fingerprint density at radius 1 is 1.62 bits per heavy atom. The first kappa shape index (κ1) is 9.50. The van der Waals surface area contributed by atoms with Gasteiger partial charge in [0, 0.05) is 21.5 Å². The molecule has 0 radical (unpaired) electrons. The molecule has 0 aliphatic rings. The molecule has 13 heavy (non-hydrogen) atoms. The molecule has 0 atom stereocenters. The van der Waals surface area contributed by atoms with Gasteiger partial charge in [0.05, 0.1) is 10.6 Å². The van der Waals surface area contributed by atoms with Gasteiger partial charge in [-0.05, 0) is 11.6 Å². The van der Waals surface area contributed by atoms with Crippen LogP contribution in [0.4, 0.5) is 11.4 Å². The Labute approximate surface area is 81.1 Å². The van der Waals surface area contributed by atoms with Gasteiger partial charge in [-0.15, -0.1) is 0 Å². The van der Waals surface area contributed by atoms with Crippen molar-refractivity contribution < 1.29 is 4.92 Å². The molecular formula is C6H3BrN4O2. The molecule has 1 aromatic carbocycles. The van der Waals surface area contributed by atoms with Crippen LogP contribution in [0, 0.1) is 10.1 Å². The molecule has 0 fully saturated rings. The Morgan fingerprint density at radius 2 is 2.31 bits per heavy atom. The van der Waals surface area contributed by atoms with Crippen molar-refractivity contribution in [3.8, 4) is 0 Å². The second kappa shape index (κ2) is 3.88. The number of nitrogens with zero attached hydrogens (tertiary/aromatic N) is 4. The summed E-state index contributed by atoms with van der Waals surface area (Å²) in [7, 11) is 0. The van der Waals surface area contributed by atoms with Crippen LogP contribution in [-0.4, -0.2) is 4.92 Å². The van der Waals surface area contributed by atoms with Crippen LogP contribution in [0.5, 0.6) is 0 Å². The number of nitro benzene ring substituents is 1. The van der Waals surface area contributed by atoms with Crippen molar-refractivity contribution in [1.82, 2.24) is 0 Å². The first-order valence-electron chi connectivity index (χ1n) is 3.14. The third kappa shape index (κ3) is 2.17. The van der Waals surface area contributed by atoms with E-state index < -0.39 is 4.92 Å². The zero-order valence-corrected chi connectivity index (χ0v) is 7.80. The summed E-state index contributed by atoms with van der Waals surface area (Å²) in [5.74, 6) is 0. The number of rotatable bonds is 2. The maximum atomic E-state index is 10.3. The van der Waals surface area contributed by atoms with Crippen molar-refractivity contribution in [2.45, 2.75) is 0 Å². The molecule has 6 nitrogen and oxygen atoms in total. The summed E-state index contributed by atoms with van der Waals surface area (Å²) in [5.41, 5.74) is 8.40. The normalized spacial score (nSPS) is 9.00. The van der Waals surface area contributed by atoms with E-state index in [0.29, 0.717) is 10.2 Å². The molecule has 1 rings (SSSR count). The van der Waals surface area contributed by atoms with Crippen LogP contribution in [0.3, 0.4) is 0 Å². The largest absolute Gasteiger partial charge is 0.270 e. The molecule has 0 saturated carbocycles. The lowest BCUT2D eigenvalue weighted by Gasteiger charge is -1.95. The predicted octanol–water partition coefficient (Wildman–Crippen LogP) is 3.30. The quantitative estimate of drug-likeness (QED) is 0.262. The first-order chi connectivity index (χ1) is 6.15. The number of non-ortho nitro benzene ring substituents is 1. The molecular weight excluding hydrogens is 240 g/mol. The fourth-order valence-corrected chi connectivity index (χ4v) is 1.18. The average molecular weight is 243 g/mol. The molecule has 0 bridgehead atoms. The average Bonchev–Trinajstić information content (AvgIpc) is 2.08. The third-order valence-corrected chi connectivity index (χ3v) is 1.93. The van der Waals surface area contributed by atoms with Gasteiger partial charge in [0.15, 0.2) is 0 Å². The van der Waals surface area contributed by atoms with E-state index >= 15 is 0 Å². The van der Waals surface area contributed by atoms with Gasteiger partial charge in [-0.3, -0.25) is 10.1 Å². The molecule has 0 saturated heterocycles. The smallest absolute Gasteiger partial charge is 0.258 e. The number of hydrogen-bond donors (Lipinski definition) is 0. The van der Waals surface area contributed by atoms with Gasteiger partial charge in [-0.1, -0.05) is 21.0 Å². The molecule has 0 heterocycles. The monoisotopic (exact) mass is 242 g/mol. The van der Waals surface area contributed by atoms with Crippen LogP contribution in [0.15, 0.2) is 27.8 Å². The second-order valence-corrected chi connectivity index (χ2v) is 2.94. The zero-order chi connectivity index (χ0) is 9.84. The standard InChI is InChI=1S/C6H3BrN4O2/c7-5-3-4(11(12)13)1-2-6(5)9-10-8/h1-3H. The fourth-order valence-electron chi connectivity index (χ4n) is 0.739. The SMILES string of the molecule is [N-]=[N+]=Nc1ccc([N+](=O)[O-])cc1Br. The predicted molar refractivity (Wildman–Crippen MR) is 49.6 cm³/mol. The van der Waals surface area contributed by atoms with Crippen LogP contribution in [-0.2, 0) is 0 Å². The van der Waals surface area contributed by atoms with E-state index in [-0.39, 0.29) is 5.69 Å². The highest BCUT2D eigenvalue weighted by molar-refractivity contribution is 9.10. The van der Waals surface area contributed by atoms with Crippen LogP contribution in [0.1, 0.15) is 0 Å². The van der Waals surface area contributed by atoms with Gasteiger partial charge < -0.3 is 0 Å². The minimum absolute atomic E-state index is 0.0521. The van der Waals surface area contributed by atoms with Crippen molar-refractivity contribution in [3.63, 3.8) is 0 Å². The molecule has 0 N–H and O–H groups in total. The van der Waals surface area contributed by atoms with Crippen molar-refractivity contribution in [1.29, 1.82) is 0 Å². The molecule has 0 aliphatic carbocycles. The molecule has 0 amide bonds. The van der Waals surface area contributed by atoms with Gasteiger partial charge in [-0.25, -0.2) is 0 Å². The number of nitro groups is 1. The first-order valence-corrected chi connectivity index (χ1v) is 3.93. The Hall–Kier alpha value is -1.59. The number of halogens is 1. The van der Waals surface area contributed by atoms with E-state index in [0.717, 1.165) is 0 Å². The maximum absolute atomic E-state index is 10.3. The van der Waals surface area contributed by atoms with Crippen LogP contribution >= 0.6 is 15.9 Å². The second-order valence-electron chi connectivity index (χ2n) is 2.08. The lowest BCUT2D eigenvalue weighted by Crippen LogP contribution is -1.86. The topological polar surface area (TPSA) is 91.9 Å². The Morgan fingerprint density at radius 3 is 2.77 bits per heavy atom. The van der Waals surface area contributed by atoms with Crippen molar-refractivity contribution in [2.24, 2.45) is 5.11 Å². The van der Waals surface area contributed by atoms with Gasteiger partial charge in [-0.2, -0.15) is 0 Å². The minimum atomic E-state index is -0.523. The van der Waals surface area contributed by atoms with E-state index in [1.54, 1.807) is 0 Å². The van der Waals surface area contributed by atoms with Crippen LogP contribution in [0.2, 0.25) is 0 Å². The highest BCUT2D eigenvalue weighted by atomic mass is 79.9. The lowest BCUT2D eigenvalue weighted by atomic mass is 10.3. The van der Waals surface area contributed by atoms with Crippen LogP contribution in [0.25, 0.3) is 10.4 Å². The van der Waals surface area contributed by atoms with E-state index in [9.17, 15) is 10.1 Å². The van der Waals surface area contributed by atoms with Gasteiger partial charge in [0.2, 0.25) is 0 Å². The highest BCUT2D eigenvalue weighted by Crippen LogP contribution is 2.29. The third-order valence-electron chi connectivity index (χ3n) is 1.29. The number of hydrogen-bond acceptors (Lipinski definition) is 3. The summed E-state index contributed by atoms with van der Waals surface area (Å²) in [6.45, 7) is 0. The summed E-state index contributed by atoms with van der Waals surface area (Å²) in [5, 5.41) is 13.6. The van der Waals surface area contributed by atoms with Crippen molar-refractivity contribution >= 4 is 27.3 Å². The van der Waals surface area contributed by atoms with E-state index in [1.807, 2.05) is 0 Å². The van der Waals surface area contributed by atoms with Crippen molar-refractivity contribution in [3.05, 3.63) is 43.2 Å². The number of azide groups is 1.